The van der Waals surface area contributed by atoms with E-state index in [1.165, 1.54) is 13.0 Å². The van der Waals surface area contributed by atoms with Crippen LogP contribution in [0.15, 0.2) is 54.6 Å². The number of hydrogen-bond acceptors (Lipinski definition) is 3. The highest BCUT2D eigenvalue weighted by Crippen LogP contribution is 2.21. The van der Waals surface area contributed by atoms with Gasteiger partial charge in [0, 0.05) is 11.3 Å². The maximum atomic E-state index is 14.1. The van der Waals surface area contributed by atoms with E-state index < -0.39 is 33.4 Å². The van der Waals surface area contributed by atoms with Crippen molar-refractivity contribution in [1.82, 2.24) is 5.32 Å². The summed E-state index contributed by atoms with van der Waals surface area (Å²) in [4.78, 5) is 12.1. The number of sulfone groups is 1. The van der Waals surface area contributed by atoms with Crippen molar-refractivity contribution >= 4 is 15.7 Å². The molecule has 0 aliphatic carbocycles. The van der Waals surface area contributed by atoms with Crippen LogP contribution in [0.1, 0.15) is 24.1 Å². The summed E-state index contributed by atoms with van der Waals surface area (Å²) in [5.74, 6) is -1.76. The summed E-state index contributed by atoms with van der Waals surface area (Å²) in [6.45, 7) is 1.49. The molecule has 0 unspecified atom stereocenters. The second-order valence-corrected chi connectivity index (χ2v) is 7.86. The van der Waals surface area contributed by atoms with E-state index in [9.17, 15) is 17.6 Å². The van der Waals surface area contributed by atoms with Crippen molar-refractivity contribution in [3.05, 3.63) is 71.5 Å². The lowest BCUT2D eigenvalue weighted by molar-refractivity contribution is -0.119. The maximum absolute atomic E-state index is 14.1. The first kappa shape index (κ1) is 18.1. The molecule has 1 N–H and O–H groups in total. The largest absolute Gasteiger partial charge is 0.348 e. The second kappa shape index (κ2) is 8.06. The van der Waals surface area contributed by atoms with Crippen molar-refractivity contribution in [1.29, 1.82) is 0 Å². The molecule has 24 heavy (non-hydrogen) atoms. The van der Waals surface area contributed by atoms with Gasteiger partial charge in [-0.1, -0.05) is 55.5 Å². The van der Waals surface area contributed by atoms with Crippen molar-refractivity contribution in [3.8, 4) is 0 Å². The molecule has 0 saturated heterocycles. The van der Waals surface area contributed by atoms with Crippen LogP contribution in [-0.2, 0) is 21.1 Å². The van der Waals surface area contributed by atoms with Gasteiger partial charge in [0.15, 0.2) is 9.84 Å². The highest BCUT2D eigenvalue weighted by molar-refractivity contribution is 7.92. The standard InChI is InChI=1S/C18H20FNO3S/c1-2-24(22,23)13-18(21)20-17(12-14-8-4-3-5-9-14)15-10-6-7-11-16(15)19/h3-11,17H,2,12-13H2,1H3,(H,20,21)/t17-/m0/s1. The van der Waals surface area contributed by atoms with E-state index in [1.54, 1.807) is 18.2 Å². The van der Waals surface area contributed by atoms with E-state index in [1.807, 2.05) is 30.3 Å². The fraction of sp³-hybridized carbons (Fsp3) is 0.278. The number of carbonyl (C=O) groups is 1. The van der Waals surface area contributed by atoms with Crippen LogP contribution < -0.4 is 5.32 Å². The third kappa shape index (κ3) is 5.16. The van der Waals surface area contributed by atoms with Crippen LogP contribution in [0.5, 0.6) is 0 Å². The smallest absolute Gasteiger partial charge is 0.235 e. The summed E-state index contributed by atoms with van der Waals surface area (Å²) in [5.41, 5.74) is 1.26. The Balaban J connectivity index is 2.23. The Kier molecular flexibility index (Phi) is 6.09. The Hall–Kier alpha value is -2.21. The summed E-state index contributed by atoms with van der Waals surface area (Å²) < 4.78 is 37.4. The van der Waals surface area contributed by atoms with Gasteiger partial charge in [0.2, 0.25) is 5.91 Å². The average Bonchev–Trinajstić information content (AvgIpc) is 2.55. The molecular formula is C18H20FNO3S. The van der Waals surface area contributed by atoms with Gasteiger partial charge in [0.1, 0.15) is 11.6 Å². The SMILES string of the molecule is CCS(=O)(=O)CC(=O)N[C@@H](Cc1ccccc1)c1ccccc1F. The molecular weight excluding hydrogens is 329 g/mol. The van der Waals surface area contributed by atoms with Crippen molar-refractivity contribution in [2.45, 2.75) is 19.4 Å². The fourth-order valence-corrected chi connectivity index (χ4v) is 3.07. The van der Waals surface area contributed by atoms with Gasteiger partial charge in [-0.25, -0.2) is 12.8 Å². The minimum Gasteiger partial charge on any atom is -0.348 e. The lowest BCUT2D eigenvalue weighted by Crippen LogP contribution is -2.35. The van der Waals surface area contributed by atoms with E-state index in [0.717, 1.165) is 5.56 Å². The highest BCUT2D eigenvalue weighted by atomic mass is 32.2. The van der Waals surface area contributed by atoms with Gasteiger partial charge >= 0.3 is 0 Å². The van der Waals surface area contributed by atoms with Crippen LogP contribution in [0, 0.1) is 5.82 Å². The first-order valence-corrected chi connectivity index (χ1v) is 9.51. The third-order valence-corrected chi connectivity index (χ3v) is 5.27. The molecule has 0 aromatic heterocycles. The molecule has 2 aromatic rings. The Bertz CT molecular complexity index is 791. The molecule has 0 heterocycles. The average molecular weight is 349 g/mol. The molecule has 4 nitrogen and oxygen atoms in total. The van der Waals surface area contributed by atoms with Crippen LogP contribution in [-0.4, -0.2) is 25.8 Å². The van der Waals surface area contributed by atoms with E-state index >= 15 is 0 Å². The van der Waals surface area contributed by atoms with Crippen molar-refractivity contribution in [3.63, 3.8) is 0 Å². The summed E-state index contributed by atoms with van der Waals surface area (Å²) in [6, 6.07) is 14.9. The van der Waals surface area contributed by atoms with E-state index in [0.29, 0.717) is 12.0 Å². The molecule has 1 amide bonds. The second-order valence-electron chi connectivity index (χ2n) is 5.51. The third-order valence-electron chi connectivity index (χ3n) is 3.69. The van der Waals surface area contributed by atoms with E-state index in [4.69, 9.17) is 0 Å². The lowest BCUT2D eigenvalue weighted by atomic mass is 9.98. The minimum absolute atomic E-state index is 0.108. The molecule has 1 atom stereocenters. The summed E-state index contributed by atoms with van der Waals surface area (Å²) in [7, 11) is -3.44. The maximum Gasteiger partial charge on any atom is 0.235 e. The number of carbonyl (C=O) groups excluding carboxylic acids is 1. The van der Waals surface area contributed by atoms with Crippen molar-refractivity contribution < 1.29 is 17.6 Å². The molecule has 0 spiro atoms. The predicted molar refractivity (Wildman–Crippen MR) is 91.8 cm³/mol. The van der Waals surface area contributed by atoms with Crippen LogP contribution in [0.4, 0.5) is 4.39 Å². The van der Waals surface area contributed by atoms with Crippen LogP contribution >= 0.6 is 0 Å². The minimum atomic E-state index is -3.44. The molecule has 0 radical (unpaired) electrons. The van der Waals surface area contributed by atoms with Crippen molar-refractivity contribution in [2.75, 3.05) is 11.5 Å². The topological polar surface area (TPSA) is 63.2 Å². The molecule has 128 valence electrons. The lowest BCUT2D eigenvalue weighted by Gasteiger charge is -2.20. The molecule has 0 saturated carbocycles. The van der Waals surface area contributed by atoms with E-state index in [2.05, 4.69) is 5.32 Å². The van der Waals surface area contributed by atoms with E-state index in [-0.39, 0.29) is 5.75 Å². The van der Waals surface area contributed by atoms with Gasteiger partial charge in [-0.2, -0.15) is 0 Å². The molecule has 0 bridgehead atoms. The van der Waals surface area contributed by atoms with Gasteiger partial charge < -0.3 is 5.32 Å². The number of rotatable bonds is 7. The first-order chi connectivity index (χ1) is 11.4. The Morgan fingerprint density at radius 2 is 1.71 bits per heavy atom. The monoisotopic (exact) mass is 349 g/mol. The zero-order valence-electron chi connectivity index (χ0n) is 13.4. The predicted octanol–water partition coefficient (Wildman–Crippen LogP) is 2.66. The highest BCUT2D eigenvalue weighted by Gasteiger charge is 2.21. The van der Waals surface area contributed by atoms with Crippen LogP contribution in [0.2, 0.25) is 0 Å². The summed E-state index contributed by atoms with van der Waals surface area (Å²) in [5, 5.41) is 2.65. The van der Waals surface area contributed by atoms with Gasteiger partial charge in [-0.05, 0) is 18.1 Å². The molecule has 2 aromatic carbocycles. The van der Waals surface area contributed by atoms with Gasteiger partial charge in [-0.3, -0.25) is 4.79 Å². The van der Waals surface area contributed by atoms with Gasteiger partial charge in [0.05, 0.1) is 6.04 Å². The number of halogens is 1. The number of nitrogens with one attached hydrogen (secondary N) is 1. The molecule has 0 aliphatic heterocycles. The normalized spacial score (nSPS) is 12.6. The van der Waals surface area contributed by atoms with Crippen molar-refractivity contribution in [2.24, 2.45) is 0 Å². The van der Waals surface area contributed by atoms with Crippen LogP contribution in [0.25, 0.3) is 0 Å². The molecule has 6 heteroatoms. The summed E-state index contributed by atoms with van der Waals surface area (Å²) in [6.07, 6.45) is 0.375. The molecule has 0 fully saturated rings. The number of amides is 1. The summed E-state index contributed by atoms with van der Waals surface area (Å²) >= 11 is 0. The first-order valence-electron chi connectivity index (χ1n) is 7.69. The fourth-order valence-electron chi connectivity index (χ4n) is 2.38. The Labute approximate surface area is 141 Å². The van der Waals surface area contributed by atoms with Gasteiger partial charge in [0.25, 0.3) is 0 Å². The Morgan fingerprint density at radius 1 is 1.08 bits per heavy atom. The molecule has 0 aliphatic rings. The molecule has 2 rings (SSSR count). The Morgan fingerprint density at radius 3 is 2.33 bits per heavy atom. The van der Waals surface area contributed by atoms with Gasteiger partial charge in [-0.15, -0.1) is 0 Å². The number of hydrogen-bond donors (Lipinski definition) is 1. The number of benzene rings is 2. The zero-order valence-corrected chi connectivity index (χ0v) is 14.2. The van der Waals surface area contributed by atoms with Crippen LogP contribution in [0.3, 0.4) is 0 Å². The zero-order chi connectivity index (χ0) is 17.6. The quantitative estimate of drug-likeness (QED) is 0.836.